The molecule has 1 saturated carbocycles. The van der Waals surface area contributed by atoms with Gasteiger partial charge in [0.2, 0.25) is 10.0 Å². The van der Waals surface area contributed by atoms with Crippen LogP contribution in [0.5, 0.6) is 0 Å². The lowest BCUT2D eigenvalue weighted by molar-refractivity contribution is 0.357. The molecule has 22 heavy (non-hydrogen) atoms. The van der Waals surface area contributed by atoms with Crippen LogP contribution in [-0.4, -0.2) is 15.0 Å². The predicted octanol–water partition coefficient (Wildman–Crippen LogP) is 4.23. The Morgan fingerprint density at radius 1 is 1.09 bits per heavy atom. The Kier molecular flexibility index (Phi) is 5.67. The van der Waals surface area contributed by atoms with Gasteiger partial charge >= 0.3 is 0 Å². The van der Waals surface area contributed by atoms with Gasteiger partial charge in [0.15, 0.2) is 0 Å². The summed E-state index contributed by atoms with van der Waals surface area (Å²) in [5.74, 6) is 0.502. The largest absolute Gasteiger partial charge is 0.240 e. The van der Waals surface area contributed by atoms with Crippen molar-refractivity contribution in [3.8, 4) is 0 Å². The zero-order valence-corrected chi connectivity index (χ0v) is 14.9. The normalized spacial score (nSPS) is 17.6. The SMILES string of the molecule is CCC(C)(C)c1ccc(S(=O)(=O)NCC2CCCCC2)cc1. The minimum absolute atomic E-state index is 0.0812. The number of hydrogen-bond donors (Lipinski definition) is 1. The van der Waals surface area contributed by atoms with Crippen LogP contribution in [0.1, 0.15) is 64.9 Å². The average Bonchev–Trinajstić information content (AvgIpc) is 2.54. The lowest BCUT2D eigenvalue weighted by Gasteiger charge is -2.24. The van der Waals surface area contributed by atoms with E-state index in [0.29, 0.717) is 17.4 Å². The summed E-state index contributed by atoms with van der Waals surface area (Å²) in [7, 11) is -3.38. The van der Waals surface area contributed by atoms with E-state index < -0.39 is 10.0 Å². The number of hydrogen-bond acceptors (Lipinski definition) is 2. The van der Waals surface area contributed by atoms with Gasteiger partial charge in [0.1, 0.15) is 0 Å². The second-order valence-electron chi connectivity index (χ2n) is 7.12. The molecule has 0 amide bonds. The lowest BCUT2D eigenvalue weighted by Crippen LogP contribution is -2.30. The summed E-state index contributed by atoms with van der Waals surface area (Å²) in [4.78, 5) is 0.374. The van der Waals surface area contributed by atoms with Crippen molar-refractivity contribution in [2.75, 3.05) is 6.54 Å². The highest BCUT2D eigenvalue weighted by Crippen LogP contribution is 2.27. The molecule has 0 aliphatic heterocycles. The van der Waals surface area contributed by atoms with Crippen LogP contribution in [0.4, 0.5) is 0 Å². The van der Waals surface area contributed by atoms with Crippen LogP contribution in [0.25, 0.3) is 0 Å². The molecule has 1 aliphatic carbocycles. The Hall–Kier alpha value is -0.870. The molecule has 0 atom stereocenters. The molecule has 0 unspecified atom stereocenters. The Morgan fingerprint density at radius 3 is 2.23 bits per heavy atom. The monoisotopic (exact) mass is 323 g/mol. The van der Waals surface area contributed by atoms with E-state index in [1.54, 1.807) is 12.1 Å². The average molecular weight is 324 g/mol. The Labute approximate surface area is 135 Å². The number of nitrogens with one attached hydrogen (secondary N) is 1. The maximum absolute atomic E-state index is 12.4. The molecule has 3 nitrogen and oxygen atoms in total. The molecular formula is C18H29NO2S. The fraction of sp³-hybridized carbons (Fsp3) is 0.667. The van der Waals surface area contributed by atoms with Gasteiger partial charge in [-0.2, -0.15) is 0 Å². The van der Waals surface area contributed by atoms with E-state index in [2.05, 4.69) is 25.5 Å². The van der Waals surface area contributed by atoms with Gasteiger partial charge in [-0.1, -0.05) is 52.2 Å². The van der Waals surface area contributed by atoms with E-state index in [9.17, 15) is 8.42 Å². The Morgan fingerprint density at radius 2 is 1.68 bits per heavy atom. The van der Waals surface area contributed by atoms with Crippen LogP contribution in [0.2, 0.25) is 0 Å². The fourth-order valence-electron chi connectivity index (χ4n) is 2.99. The summed E-state index contributed by atoms with van der Waals surface area (Å²) >= 11 is 0. The summed E-state index contributed by atoms with van der Waals surface area (Å²) in [6.45, 7) is 7.08. The number of rotatable bonds is 6. The summed E-state index contributed by atoms with van der Waals surface area (Å²) < 4.78 is 27.6. The van der Waals surface area contributed by atoms with E-state index in [1.165, 1.54) is 24.8 Å². The maximum Gasteiger partial charge on any atom is 0.240 e. The van der Waals surface area contributed by atoms with Gasteiger partial charge < -0.3 is 0 Å². The lowest BCUT2D eigenvalue weighted by atomic mass is 9.82. The van der Waals surface area contributed by atoms with Crippen molar-refractivity contribution in [2.24, 2.45) is 5.92 Å². The quantitative estimate of drug-likeness (QED) is 0.851. The number of benzene rings is 1. The Bertz CT molecular complexity index is 570. The molecule has 0 aromatic heterocycles. The van der Waals surface area contributed by atoms with Crippen molar-refractivity contribution in [3.05, 3.63) is 29.8 Å². The zero-order valence-electron chi connectivity index (χ0n) is 14.1. The highest BCUT2D eigenvalue weighted by atomic mass is 32.2. The molecule has 1 N–H and O–H groups in total. The molecule has 0 heterocycles. The molecule has 0 spiro atoms. The molecule has 1 aromatic carbocycles. The number of sulfonamides is 1. The van der Waals surface area contributed by atoms with Gasteiger partial charge in [0.25, 0.3) is 0 Å². The van der Waals surface area contributed by atoms with Gasteiger partial charge in [-0.3, -0.25) is 0 Å². The minimum Gasteiger partial charge on any atom is -0.211 e. The van der Waals surface area contributed by atoms with Crippen molar-refractivity contribution in [1.29, 1.82) is 0 Å². The molecule has 4 heteroatoms. The van der Waals surface area contributed by atoms with Crippen LogP contribution in [0, 0.1) is 5.92 Å². The maximum atomic E-state index is 12.4. The molecule has 0 bridgehead atoms. The highest BCUT2D eigenvalue weighted by Gasteiger charge is 2.21. The van der Waals surface area contributed by atoms with Crippen molar-refractivity contribution >= 4 is 10.0 Å². The van der Waals surface area contributed by atoms with Crippen LogP contribution in [-0.2, 0) is 15.4 Å². The first kappa shape index (κ1) is 17.5. The minimum atomic E-state index is -3.38. The van der Waals surface area contributed by atoms with Crippen LogP contribution in [0.15, 0.2) is 29.2 Å². The first-order chi connectivity index (χ1) is 10.3. The van der Waals surface area contributed by atoms with Gasteiger partial charge in [-0.15, -0.1) is 0 Å². The van der Waals surface area contributed by atoms with Gasteiger partial charge in [0, 0.05) is 6.54 Å². The topological polar surface area (TPSA) is 46.2 Å². The molecule has 0 saturated heterocycles. The van der Waals surface area contributed by atoms with E-state index in [-0.39, 0.29) is 5.41 Å². The zero-order chi connectivity index (χ0) is 16.2. The molecule has 1 aliphatic rings. The Balaban J connectivity index is 2.02. The fourth-order valence-corrected chi connectivity index (χ4v) is 4.11. The summed E-state index contributed by atoms with van der Waals surface area (Å²) in [6, 6.07) is 7.35. The van der Waals surface area contributed by atoms with Gasteiger partial charge in [-0.25, -0.2) is 13.1 Å². The van der Waals surface area contributed by atoms with E-state index in [4.69, 9.17) is 0 Å². The third-order valence-electron chi connectivity index (χ3n) is 5.12. The third kappa shape index (κ3) is 4.32. The third-order valence-corrected chi connectivity index (χ3v) is 6.56. The van der Waals surface area contributed by atoms with Crippen molar-refractivity contribution in [1.82, 2.24) is 4.72 Å². The van der Waals surface area contributed by atoms with Crippen LogP contribution < -0.4 is 4.72 Å². The van der Waals surface area contributed by atoms with Crippen LogP contribution in [0.3, 0.4) is 0 Å². The molecule has 0 radical (unpaired) electrons. The van der Waals surface area contributed by atoms with Crippen LogP contribution >= 0.6 is 0 Å². The van der Waals surface area contributed by atoms with Crippen molar-refractivity contribution in [3.63, 3.8) is 0 Å². The van der Waals surface area contributed by atoms with Gasteiger partial charge in [-0.05, 0) is 48.3 Å². The summed E-state index contributed by atoms with van der Waals surface area (Å²) in [5, 5.41) is 0. The first-order valence-corrected chi connectivity index (χ1v) is 9.94. The molecule has 1 fully saturated rings. The van der Waals surface area contributed by atoms with E-state index in [0.717, 1.165) is 19.3 Å². The van der Waals surface area contributed by atoms with Crippen molar-refractivity contribution < 1.29 is 8.42 Å². The molecule has 124 valence electrons. The second kappa shape index (κ2) is 7.14. The molecule has 2 rings (SSSR count). The molecular weight excluding hydrogens is 294 g/mol. The highest BCUT2D eigenvalue weighted by molar-refractivity contribution is 7.89. The summed E-state index contributed by atoms with van der Waals surface area (Å²) in [6.07, 6.45) is 7.07. The standard InChI is InChI=1S/C18H29NO2S/c1-4-18(2,3)16-10-12-17(13-11-16)22(20,21)19-14-15-8-6-5-7-9-15/h10-13,15,19H,4-9,14H2,1-3H3. The smallest absolute Gasteiger partial charge is 0.211 e. The predicted molar refractivity (Wildman–Crippen MR) is 91.5 cm³/mol. The van der Waals surface area contributed by atoms with Gasteiger partial charge in [0.05, 0.1) is 4.90 Å². The van der Waals surface area contributed by atoms with E-state index >= 15 is 0 Å². The van der Waals surface area contributed by atoms with E-state index in [1.807, 2.05) is 12.1 Å². The first-order valence-electron chi connectivity index (χ1n) is 8.45. The summed E-state index contributed by atoms with van der Waals surface area (Å²) in [5.41, 5.74) is 1.26. The second-order valence-corrected chi connectivity index (χ2v) is 8.88. The van der Waals surface area contributed by atoms with Crippen molar-refractivity contribution in [2.45, 2.75) is 69.6 Å². The molecule has 1 aromatic rings.